The fourth-order valence-electron chi connectivity index (χ4n) is 3.39. The number of piperidine rings is 1. The van der Waals surface area contributed by atoms with E-state index in [0.29, 0.717) is 38.3 Å². The highest BCUT2D eigenvalue weighted by molar-refractivity contribution is 7.84. The zero-order valence-corrected chi connectivity index (χ0v) is 20.8. The summed E-state index contributed by atoms with van der Waals surface area (Å²) in [5.74, 6) is 0.510. The summed E-state index contributed by atoms with van der Waals surface area (Å²) < 4.78 is 11.7. The topological polar surface area (TPSA) is 94.4 Å². The number of nitrogens with one attached hydrogen (secondary N) is 1. The molecule has 2 heterocycles. The van der Waals surface area contributed by atoms with Crippen molar-refractivity contribution >= 4 is 52.0 Å². The smallest absolute Gasteiger partial charge is 0.263 e. The Balaban J connectivity index is 1.55. The van der Waals surface area contributed by atoms with Gasteiger partial charge in [0.1, 0.15) is 0 Å². The van der Waals surface area contributed by atoms with Gasteiger partial charge in [0.15, 0.2) is 0 Å². The monoisotopic (exact) mass is 486 g/mol. The third-order valence-corrected chi connectivity index (χ3v) is 7.38. The first-order valence-electron chi connectivity index (χ1n) is 10.8. The van der Waals surface area contributed by atoms with Gasteiger partial charge in [-0.2, -0.15) is 0 Å². The van der Waals surface area contributed by atoms with Crippen LogP contribution in [-0.4, -0.2) is 64.8 Å². The van der Waals surface area contributed by atoms with Crippen LogP contribution in [0.2, 0.25) is 0 Å². The second-order valence-corrected chi connectivity index (χ2v) is 10.2. The van der Waals surface area contributed by atoms with E-state index in [1.807, 2.05) is 54.3 Å². The van der Waals surface area contributed by atoms with Gasteiger partial charge in [0, 0.05) is 65.3 Å². The van der Waals surface area contributed by atoms with E-state index in [4.69, 9.17) is 0 Å². The van der Waals surface area contributed by atoms with Crippen LogP contribution in [-0.2, 0) is 10.8 Å². The Morgan fingerprint density at radius 3 is 2.79 bits per heavy atom. The predicted molar refractivity (Wildman–Crippen MR) is 138 cm³/mol. The van der Waals surface area contributed by atoms with E-state index >= 15 is 0 Å². The van der Waals surface area contributed by atoms with Gasteiger partial charge in [-0.05, 0) is 55.7 Å². The number of aliphatic hydroxyl groups excluding tert-OH is 1. The lowest BCUT2D eigenvalue weighted by Crippen LogP contribution is -2.39. The maximum atomic E-state index is 12.7. The highest BCUT2D eigenvalue weighted by Crippen LogP contribution is 2.26. The molecule has 0 aliphatic carbocycles. The van der Waals surface area contributed by atoms with E-state index in [9.17, 15) is 14.1 Å². The normalized spacial score (nSPS) is 16.6. The third-order valence-electron chi connectivity index (χ3n) is 5.28. The molecule has 9 heteroatoms. The van der Waals surface area contributed by atoms with E-state index in [-0.39, 0.29) is 12.0 Å². The Bertz CT molecular complexity index is 1080. The van der Waals surface area contributed by atoms with Gasteiger partial charge in [-0.3, -0.25) is 14.0 Å². The maximum absolute atomic E-state index is 12.7. The molecule has 1 aromatic heterocycles. The van der Waals surface area contributed by atoms with E-state index in [0.717, 1.165) is 25.9 Å². The van der Waals surface area contributed by atoms with Crippen molar-refractivity contribution in [2.24, 2.45) is 9.98 Å². The number of anilines is 1. The van der Waals surface area contributed by atoms with Crippen molar-refractivity contribution in [2.75, 3.05) is 31.7 Å². The zero-order valence-electron chi connectivity index (χ0n) is 19.2. The summed E-state index contributed by atoms with van der Waals surface area (Å²) in [5, 5.41) is 12.8. The molecule has 2 aromatic rings. The number of amides is 1. The Morgan fingerprint density at radius 1 is 1.33 bits per heavy atom. The van der Waals surface area contributed by atoms with Crippen molar-refractivity contribution in [1.82, 2.24) is 4.90 Å². The molecule has 0 bridgehead atoms. The fraction of sp³-hybridized carbons (Fsp3) is 0.375. The summed E-state index contributed by atoms with van der Waals surface area (Å²) in [7, 11) is 0.612. The number of carbonyl (C=O) groups excluding carboxylic acids is 1. The quantitative estimate of drug-likeness (QED) is 0.477. The molecule has 1 saturated heterocycles. The standard InChI is InChI=1S/C24H30N4O3S2/c1-17-15-22(23(30)28-13-10-19(29)11-14-28)32-21(17)9-4-5-12-26-24(25-2)27-18-7-6-8-20(16-18)33(3)31/h4,6-9,12,15-16,19,29H,5,10-11,13-14H2,1-3H3,(H,25,27)/b9-4-,26-12?. The Kier molecular flexibility index (Phi) is 9.11. The van der Waals surface area contributed by atoms with Crippen LogP contribution in [0, 0.1) is 6.92 Å². The number of guanidine groups is 1. The zero-order chi connectivity index (χ0) is 23.8. The van der Waals surface area contributed by atoms with Crippen molar-refractivity contribution in [3.05, 3.63) is 51.7 Å². The van der Waals surface area contributed by atoms with Gasteiger partial charge >= 0.3 is 0 Å². The van der Waals surface area contributed by atoms with Crippen molar-refractivity contribution in [3.8, 4) is 0 Å². The van der Waals surface area contributed by atoms with Crippen molar-refractivity contribution < 1.29 is 14.1 Å². The van der Waals surface area contributed by atoms with Gasteiger partial charge in [-0.1, -0.05) is 12.1 Å². The molecule has 0 saturated carbocycles. The van der Waals surface area contributed by atoms with Crippen LogP contribution in [0.4, 0.5) is 5.69 Å². The molecule has 0 radical (unpaired) electrons. The van der Waals surface area contributed by atoms with Gasteiger partial charge in [0.2, 0.25) is 5.96 Å². The van der Waals surface area contributed by atoms with Crippen LogP contribution >= 0.6 is 11.3 Å². The van der Waals surface area contributed by atoms with Gasteiger partial charge in [0.05, 0.1) is 11.0 Å². The molecule has 1 aliphatic heterocycles. The fourth-order valence-corrected chi connectivity index (χ4v) is 5.03. The summed E-state index contributed by atoms with van der Waals surface area (Å²) in [6, 6.07) is 9.30. The highest BCUT2D eigenvalue weighted by Gasteiger charge is 2.23. The summed E-state index contributed by atoms with van der Waals surface area (Å²) in [6.07, 6.45) is 9.03. The van der Waals surface area contributed by atoms with Crippen molar-refractivity contribution in [2.45, 2.75) is 37.2 Å². The minimum absolute atomic E-state index is 0.0436. The predicted octanol–water partition coefficient (Wildman–Crippen LogP) is 3.96. The van der Waals surface area contributed by atoms with Gasteiger partial charge in [-0.25, -0.2) is 4.99 Å². The second-order valence-electron chi connectivity index (χ2n) is 7.79. The summed E-state index contributed by atoms with van der Waals surface area (Å²) >= 11 is 1.49. The van der Waals surface area contributed by atoms with E-state index in [1.165, 1.54) is 11.3 Å². The first-order chi connectivity index (χ1) is 15.9. The average Bonchev–Trinajstić information content (AvgIpc) is 3.18. The Morgan fingerprint density at radius 2 is 2.09 bits per heavy atom. The number of allylic oxidation sites excluding steroid dienone is 1. The molecule has 1 aliphatic rings. The molecular formula is C24H30N4O3S2. The van der Waals surface area contributed by atoms with Gasteiger partial charge < -0.3 is 15.3 Å². The number of hydrogen-bond acceptors (Lipinski definition) is 5. The van der Waals surface area contributed by atoms with Crippen LogP contribution in [0.5, 0.6) is 0 Å². The molecule has 1 atom stereocenters. The number of thiophene rings is 1. The molecular weight excluding hydrogens is 456 g/mol. The molecule has 1 unspecified atom stereocenters. The highest BCUT2D eigenvalue weighted by atomic mass is 32.2. The minimum Gasteiger partial charge on any atom is -0.393 e. The number of hydrogen-bond donors (Lipinski definition) is 2. The van der Waals surface area contributed by atoms with E-state index in [1.54, 1.807) is 19.5 Å². The maximum Gasteiger partial charge on any atom is 0.263 e. The van der Waals surface area contributed by atoms with Crippen LogP contribution in [0.15, 0.2) is 51.3 Å². The molecule has 3 rings (SSSR count). The SMILES string of the molecule is CN=C(N=CC/C=C\c1sc(C(=O)N2CCC(O)CC2)cc1C)Nc1cccc(S(C)=O)c1. The molecule has 33 heavy (non-hydrogen) atoms. The molecule has 7 nitrogen and oxygen atoms in total. The Hall–Kier alpha value is -2.62. The molecule has 176 valence electrons. The lowest BCUT2D eigenvalue weighted by atomic mass is 10.1. The Labute approximate surface area is 201 Å². The van der Waals surface area contributed by atoms with E-state index in [2.05, 4.69) is 15.3 Å². The first kappa shape index (κ1) is 25.0. The summed E-state index contributed by atoms with van der Waals surface area (Å²) in [5.41, 5.74) is 1.85. The summed E-state index contributed by atoms with van der Waals surface area (Å²) in [6.45, 7) is 3.22. The van der Waals surface area contributed by atoms with Crippen LogP contribution in [0.1, 0.15) is 39.4 Å². The lowest BCUT2D eigenvalue weighted by molar-refractivity contribution is 0.0550. The molecule has 2 N–H and O–H groups in total. The number of likely N-dealkylation sites (tertiary alicyclic amines) is 1. The molecule has 0 spiro atoms. The van der Waals surface area contributed by atoms with Gasteiger partial charge in [0.25, 0.3) is 5.91 Å². The van der Waals surface area contributed by atoms with Gasteiger partial charge in [-0.15, -0.1) is 11.3 Å². The van der Waals surface area contributed by atoms with Crippen LogP contribution in [0.25, 0.3) is 6.08 Å². The number of rotatable bonds is 6. The largest absolute Gasteiger partial charge is 0.393 e. The average molecular weight is 487 g/mol. The number of carbonyl (C=O) groups is 1. The molecule has 1 fully saturated rings. The van der Waals surface area contributed by atoms with Crippen molar-refractivity contribution in [1.29, 1.82) is 0 Å². The number of benzene rings is 1. The number of nitrogens with zero attached hydrogens (tertiary/aromatic N) is 3. The first-order valence-corrected chi connectivity index (χ1v) is 13.2. The number of aryl methyl sites for hydroxylation is 1. The third kappa shape index (κ3) is 7.18. The molecule has 1 aromatic carbocycles. The minimum atomic E-state index is -1.05. The summed E-state index contributed by atoms with van der Waals surface area (Å²) in [4.78, 5) is 25.6. The van der Waals surface area contributed by atoms with Crippen molar-refractivity contribution in [3.63, 3.8) is 0 Å². The second kappa shape index (κ2) is 12.0. The number of aliphatic hydroxyl groups is 1. The van der Waals surface area contributed by atoms with E-state index < -0.39 is 10.8 Å². The van der Waals surface area contributed by atoms with Crippen LogP contribution < -0.4 is 5.32 Å². The molecule has 1 amide bonds. The number of aliphatic imine (C=N–C) groups is 2. The lowest BCUT2D eigenvalue weighted by Gasteiger charge is -2.29. The van der Waals surface area contributed by atoms with Crippen LogP contribution in [0.3, 0.4) is 0 Å².